The number of rotatable bonds is 4. The van der Waals surface area contributed by atoms with Crippen molar-refractivity contribution < 1.29 is 12.8 Å². The molecule has 1 saturated carbocycles. The highest BCUT2D eigenvalue weighted by molar-refractivity contribution is 7.87. The van der Waals surface area contributed by atoms with E-state index < -0.39 is 10.2 Å². The minimum atomic E-state index is -3.62. The normalized spacial score (nSPS) is 21.4. The van der Waals surface area contributed by atoms with Crippen molar-refractivity contribution in [3.8, 4) is 22.5 Å². The zero-order chi connectivity index (χ0) is 23.3. The van der Waals surface area contributed by atoms with Crippen LogP contribution < -0.4 is 0 Å². The minimum absolute atomic E-state index is 0.153. The molecule has 5 rings (SSSR count). The second kappa shape index (κ2) is 8.18. The molecule has 2 aromatic carbocycles. The number of fused-ring (bicyclic) bond motifs is 3. The summed E-state index contributed by atoms with van der Waals surface area (Å²) in [5.74, 6) is 0.0685. The van der Waals surface area contributed by atoms with E-state index in [1.807, 2.05) is 17.8 Å². The lowest BCUT2D eigenvalue weighted by atomic mass is 9.91. The first kappa shape index (κ1) is 22.0. The molecule has 0 unspecified atom stereocenters. The van der Waals surface area contributed by atoms with Crippen LogP contribution in [0.15, 0.2) is 52.9 Å². The maximum absolute atomic E-state index is 13.3. The summed E-state index contributed by atoms with van der Waals surface area (Å²) < 4.78 is 45.4. The Bertz CT molecular complexity index is 1340. The predicted octanol–water partition coefficient (Wildman–Crippen LogP) is 4.27. The van der Waals surface area contributed by atoms with Crippen molar-refractivity contribution >= 4 is 15.9 Å². The Hall–Kier alpha value is -2.84. The van der Waals surface area contributed by atoms with Crippen molar-refractivity contribution in [2.75, 3.05) is 14.1 Å². The number of aryl methyl sites for hydroxylation is 1. The average molecular weight is 467 g/mol. The zero-order valence-electron chi connectivity index (χ0n) is 19.0. The summed E-state index contributed by atoms with van der Waals surface area (Å²) in [5, 5.41) is 4.70. The second-order valence-electron chi connectivity index (χ2n) is 9.18. The molecular formula is C25H27FN4O2S. The lowest BCUT2D eigenvalue weighted by Crippen LogP contribution is -2.24. The highest BCUT2D eigenvalue weighted by atomic mass is 32.2. The SMILES string of the molecule is CN(C)S(=O)(=O)N=C1[C@@H]2CC[C@H]1Cc1ccc(-c3cc(-c4ccc(F)cc4)n(C)n3)cc1C2. The van der Waals surface area contributed by atoms with Gasteiger partial charge in [0.05, 0.1) is 11.4 Å². The molecule has 1 aromatic heterocycles. The zero-order valence-corrected chi connectivity index (χ0v) is 19.8. The Labute approximate surface area is 194 Å². The van der Waals surface area contributed by atoms with E-state index in [0.29, 0.717) is 0 Å². The van der Waals surface area contributed by atoms with E-state index in [1.54, 1.807) is 12.1 Å². The maximum atomic E-state index is 13.3. The summed E-state index contributed by atoms with van der Waals surface area (Å²) in [6.07, 6.45) is 3.55. The van der Waals surface area contributed by atoms with Gasteiger partial charge in [-0.15, -0.1) is 0 Å². The molecule has 2 aliphatic rings. The maximum Gasteiger partial charge on any atom is 0.321 e. The van der Waals surface area contributed by atoms with Crippen molar-refractivity contribution in [3.05, 3.63) is 65.5 Å². The lowest BCUT2D eigenvalue weighted by Gasteiger charge is -2.13. The Balaban J connectivity index is 1.47. The van der Waals surface area contributed by atoms with Gasteiger partial charge in [-0.2, -0.15) is 22.2 Å². The van der Waals surface area contributed by atoms with Crippen LogP contribution in [-0.2, 0) is 30.1 Å². The topological polar surface area (TPSA) is 67.6 Å². The standard InChI is InChI=1S/C25H27FN4O2S/c1-29(2)33(31,32)28-25-19-6-7-20(25)14-21-13-18(5-4-17(21)12-19)23-15-24(30(3)27-23)16-8-10-22(26)11-9-16/h4-5,8-11,13,15,19-20H,6-7,12,14H2,1-3H3/t19-,20+/m0/s1. The van der Waals surface area contributed by atoms with E-state index in [1.165, 1.54) is 41.7 Å². The van der Waals surface area contributed by atoms with Gasteiger partial charge < -0.3 is 0 Å². The highest BCUT2D eigenvalue weighted by Crippen LogP contribution is 2.39. The van der Waals surface area contributed by atoms with E-state index in [0.717, 1.165) is 53.9 Å². The lowest BCUT2D eigenvalue weighted by molar-refractivity contribution is 0.522. The summed E-state index contributed by atoms with van der Waals surface area (Å²) in [6, 6.07) is 14.9. The molecule has 2 atom stereocenters. The number of hydrogen-bond acceptors (Lipinski definition) is 3. The van der Waals surface area contributed by atoms with Crippen LogP contribution in [0.4, 0.5) is 4.39 Å². The van der Waals surface area contributed by atoms with Gasteiger partial charge in [0, 0.05) is 44.3 Å². The Morgan fingerprint density at radius 3 is 2.27 bits per heavy atom. The Morgan fingerprint density at radius 1 is 0.970 bits per heavy atom. The molecule has 0 saturated heterocycles. The summed E-state index contributed by atoms with van der Waals surface area (Å²) in [7, 11) is 1.30. The van der Waals surface area contributed by atoms with E-state index in [2.05, 4.69) is 22.6 Å². The van der Waals surface area contributed by atoms with Gasteiger partial charge in [0.2, 0.25) is 0 Å². The van der Waals surface area contributed by atoms with Gasteiger partial charge in [0.25, 0.3) is 0 Å². The molecule has 6 nitrogen and oxygen atoms in total. The first-order chi connectivity index (χ1) is 15.7. The Morgan fingerprint density at radius 2 is 1.61 bits per heavy atom. The molecule has 2 bridgehead atoms. The molecule has 0 amide bonds. The van der Waals surface area contributed by atoms with Crippen LogP contribution in [0.5, 0.6) is 0 Å². The van der Waals surface area contributed by atoms with Gasteiger partial charge >= 0.3 is 10.2 Å². The number of halogens is 1. The molecule has 172 valence electrons. The summed E-state index contributed by atoms with van der Waals surface area (Å²) in [5.41, 5.74) is 7.04. The second-order valence-corrected chi connectivity index (χ2v) is 11.0. The van der Waals surface area contributed by atoms with Gasteiger partial charge in [-0.05, 0) is 78.8 Å². The van der Waals surface area contributed by atoms with Crippen LogP contribution in [0.3, 0.4) is 0 Å². The first-order valence-corrected chi connectivity index (χ1v) is 12.6. The third-order valence-electron chi connectivity index (χ3n) is 6.84. The number of hydrogen-bond donors (Lipinski definition) is 0. The fourth-order valence-electron chi connectivity index (χ4n) is 5.01. The molecule has 2 aliphatic carbocycles. The minimum Gasteiger partial charge on any atom is -0.267 e. The molecule has 1 fully saturated rings. The van der Waals surface area contributed by atoms with Crippen molar-refractivity contribution in [1.82, 2.24) is 14.1 Å². The van der Waals surface area contributed by atoms with Crippen molar-refractivity contribution in [1.29, 1.82) is 0 Å². The van der Waals surface area contributed by atoms with Crippen LogP contribution in [0, 0.1) is 17.7 Å². The van der Waals surface area contributed by atoms with Crippen LogP contribution >= 0.6 is 0 Å². The van der Waals surface area contributed by atoms with Crippen molar-refractivity contribution in [2.24, 2.45) is 23.3 Å². The summed E-state index contributed by atoms with van der Waals surface area (Å²) in [6.45, 7) is 0. The monoisotopic (exact) mass is 466 g/mol. The van der Waals surface area contributed by atoms with Gasteiger partial charge in [0.15, 0.2) is 0 Å². The first-order valence-electron chi connectivity index (χ1n) is 11.2. The molecule has 0 spiro atoms. The fraction of sp³-hybridized carbons (Fsp3) is 0.360. The molecule has 33 heavy (non-hydrogen) atoms. The predicted molar refractivity (Wildman–Crippen MR) is 128 cm³/mol. The van der Waals surface area contributed by atoms with E-state index in [4.69, 9.17) is 5.10 Å². The molecule has 0 aliphatic heterocycles. The van der Waals surface area contributed by atoms with Crippen molar-refractivity contribution in [2.45, 2.75) is 25.7 Å². The van der Waals surface area contributed by atoms with Crippen LogP contribution in [0.1, 0.15) is 24.0 Å². The summed E-state index contributed by atoms with van der Waals surface area (Å²) in [4.78, 5) is 0. The average Bonchev–Trinajstić information content (AvgIpc) is 3.27. The van der Waals surface area contributed by atoms with Crippen LogP contribution in [0.2, 0.25) is 0 Å². The number of aromatic nitrogens is 2. The Kier molecular flexibility index (Phi) is 5.45. The van der Waals surface area contributed by atoms with Crippen LogP contribution in [-0.4, -0.2) is 42.3 Å². The molecule has 8 heteroatoms. The smallest absolute Gasteiger partial charge is 0.267 e. The number of benzene rings is 2. The van der Waals surface area contributed by atoms with Crippen LogP contribution in [0.25, 0.3) is 22.5 Å². The number of nitrogens with zero attached hydrogens (tertiary/aromatic N) is 4. The van der Waals surface area contributed by atoms with Gasteiger partial charge in [-0.3, -0.25) is 4.68 Å². The van der Waals surface area contributed by atoms with Gasteiger partial charge in [0.1, 0.15) is 5.82 Å². The summed E-state index contributed by atoms with van der Waals surface area (Å²) >= 11 is 0. The largest absolute Gasteiger partial charge is 0.321 e. The van der Waals surface area contributed by atoms with Gasteiger partial charge in [-0.25, -0.2) is 4.39 Å². The molecule has 0 N–H and O–H groups in total. The van der Waals surface area contributed by atoms with E-state index in [9.17, 15) is 12.8 Å². The quantitative estimate of drug-likeness (QED) is 0.577. The highest BCUT2D eigenvalue weighted by Gasteiger charge is 2.37. The molecule has 3 aromatic rings. The van der Waals surface area contributed by atoms with Crippen molar-refractivity contribution in [3.63, 3.8) is 0 Å². The fourth-order valence-corrected chi connectivity index (χ4v) is 5.74. The van der Waals surface area contributed by atoms with E-state index >= 15 is 0 Å². The molecule has 1 heterocycles. The third kappa shape index (κ3) is 4.13. The third-order valence-corrected chi connectivity index (χ3v) is 8.20. The molecule has 0 radical (unpaired) electrons. The molecular weight excluding hydrogens is 439 g/mol. The van der Waals surface area contributed by atoms with Gasteiger partial charge in [-0.1, -0.05) is 12.1 Å². The van der Waals surface area contributed by atoms with E-state index in [-0.39, 0.29) is 17.7 Å².